The predicted octanol–water partition coefficient (Wildman–Crippen LogP) is 5.27. The molecule has 3 nitrogen and oxygen atoms in total. The molecule has 1 atom stereocenters. The van der Waals surface area contributed by atoms with E-state index in [-0.39, 0.29) is 6.04 Å². The molecule has 0 radical (unpaired) electrons. The highest BCUT2D eigenvalue weighted by Gasteiger charge is 2.17. The summed E-state index contributed by atoms with van der Waals surface area (Å²) in [5.41, 5.74) is 3.93. The number of para-hydroxylation sites is 1. The average molecular weight is 301 g/mol. The number of aromatic nitrogens is 1. The summed E-state index contributed by atoms with van der Waals surface area (Å²) >= 11 is 5.89. The Morgan fingerprint density at radius 3 is 2.62 bits per heavy atom. The Hall–Kier alpha value is -2.00. The summed E-state index contributed by atoms with van der Waals surface area (Å²) in [4.78, 5) is 4.26. The lowest BCUT2D eigenvalue weighted by atomic mass is 10.1. The van der Waals surface area contributed by atoms with Gasteiger partial charge in [0.1, 0.15) is 16.5 Å². The van der Waals surface area contributed by atoms with E-state index in [0.29, 0.717) is 5.15 Å². The van der Waals surface area contributed by atoms with Gasteiger partial charge in [-0.05, 0) is 39.0 Å². The second-order valence-electron chi connectivity index (χ2n) is 5.22. The fourth-order valence-corrected chi connectivity index (χ4v) is 2.78. The van der Waals surface area contributed by atoms with Gasteiger partial charge in [0.05, 0.1) is 17.4 Å². The van der Waals surface area contributed by atoms with Gasteiger partial charge < -0.3 is 9.73 Å². The van der Waals surface area contributed by atoms with Gasteiger partial charge in [-0.15, -0.1) is 0 Å². The van der Waals surface area contributed by atoms with Crippen molar-refractivity contribution in [2.24, 2.45) is 0 Å². The lowest BCUT2D eigenvalue weighted by molar-refractivity contribution is 0.522. The number of rotatable bonds is 3. The molecule has 2 heterocycles. The van der Waals surface area contributed by atoms with Crippen LogP contribution in [0.15, 0.2) is 40.8 Å². The first-order valence-electron chi connectivity index (χ1n) is 6.94. The molecule has 2 aromatic heterocycles. The molecule has 0 aliphatic heterocycles. The summed E-state index contributed by atoms with van der Waals surface area (Å²) in [6, 6.07) is 11.9. The molecule has 0 amide bonds. The number of anilines is 1. The molecule has 108 valence electrons. The standard InChI is InChI=1S/C17H17ClN2O/c1-10-13-6-4-5-7-15(13)21-17(10)12(3)19-14-8-9-16(18)20-11(14)2/h4-9,12,19H,1-3H3. The van der Waals surface area contributed by atoms with E-state index in [1.165, 1.54) is 5.56 Å². The van der Waals surface area contributed by atoms with E-state index in [4.69, 9.17) is 16.0 Å². The molecule has 0 spiro atoms. The number of fused-ring (bicyclic) bond motifs is 1. The second kappa shape index (κ2) is 5.41. The minimum absolute atomic E-state index is 0.0547. The van der Waals surface area contributed by atoms with E-state index in [2.05, 4.69) is 30.2 Å². The first-order valence-corrected chi connectivity index (χ1v) is 7.32. The maximum atomic E-state index is 5.99. The molecule has 0 aliphatic rings. The summed E-state index contributed by atoms with van der Waals surface area (Å²) < 4.78 is 5.99. The zero-order valence-electron chi connectivity index (χ0n) is 12.3. The van der Waals surface area contributed by atoms with Crippen molar-refractivity contribution in [3.8, 4) is 0 Å². The van der Waals surface area contributed by atoms with E-state index < -0.39 is 0 Å². The van der Waals surface area contributed by atoms with Crippen molar-refractivity contribution < 1.29 is 4.42 Å². The van der Waals surface area contributed by atoms with Gasteiger partial charge in [-0.1, -0.05) is 29.8 Å². The number of furan rings is 1. The van der Waals surface area contributed by atoms with Gasteiger partial charge in [0, 0.05) is 10.9 Å². The minimum atomic E-state index is 0.0547. The van der Waals surface area contributed by atoms with Crippen molar-refractivity contribution in [2.75, 3.05) is 5.32 Å². The lowest BCUT2D eigenvalue weighted by Gasteiger charge is -2.15. The molecule has 1 N–H and O–H groups in total. The van der Waals surface area contributed by atoms with Crippen LogP contribution in [-0.2, 0) is 0 Å². The van der Waals surface area contributed by atoms with Crippen LogP contribution in [-0.4, -0.2) is 4.98 Å². The Labute approximate surface area is 128 Å². The molecule has 0 saturated heterocycles. The van der Waals surface area contributed by atoms with Gasteiger partial charge in [0.2, 0.25) is 0 Å². The Morgan fingerprint density at radius 2 is 1.90 bits per heavy atom. The average Bonchev–Trinajstić information content (AvgIpc) is 2.80. The number of aryl methyl sites for hydroxylation is 2. The molecule has 0 aliphatic carbocycles. The SMILES string of the molecule is Cc1nc(Cl)ccc1NC(C)c1oc2ccccc2c1C. The summed E-state index contributed by atoms with van der Waals surface area (Å²) in [7, 11) is 0. The fraction of sp³-hybridized carbons (Fsp3) is 0.235. The highest BCUT2D eigenvalue weighted by molar-refractivity contribution is 6.29. The van der Waals surface area contributed by atoms with Crippen molar-refractivity contribution >= 4 is 28.3 Å². The molecule has 0 saturated carbocycles. The highest BCUT2D eigenvalue weighted by Crippen LogP contribution is 2.31. The van der Waals surface area contributed by atoms with Crippen LogP contribution >= 0.6 is 11.6 Å². The topological polar surface area (TPSA) is 38.1 Å². The number of halogens is 1. The smallest absolute Gasteiger partial charge is 0.134 e. The molecule has 0 bridgehead atoms. The Morgan fingerprint density at radius 1 is 1.14 bits per heavy atom. The Kier molecular flexibility index (Phi) is 3.60. The van der Waals surface area contributed by atoms with Gasteiger partial charge in [0.25, 0.3) is 0 Å². The molecule has 3 aromatic rings. The number of nitrogens with one attached hydrogen (secondary N) is 1. The van der Waals surface area contributed by atoms with Crippen LogP contribution in [0.1, 0.15) is 30.0 Å². The third-order valence-electron chi connectivity index (χ3n) is 3.70. The van der Waals surface area contributed by atoms with Gasteiger partial charge in [0.15, 0.2) is 0 Å². The molecule has 3 rings (SSSR count). The Bertz CT molecular complexity index is 795. The third-order valence-corrected chi connectivity index (χ3v) is 3.91. The van der Waals surface area contributed by atoms with Crippen molar-refractivity contribution in [3.63, 3.8) is 0 Å². The van der Waals surface area contributed by atoms with Crippen molar-refractivity contribution in [2.45, 2.75) is 26.8 Å². The van der Waals surface area contributed by atoms with Gasteiger partial charge in [-0.2, -0.15) is 0 Å². The predicted molar refractivity (Wildman–Crippen MR) is 87.0 cm³/mol. The quantitative estimate of drug-likeness (QED) is 0.669. The molecule has 4 heteroatoms. The number of pyridine rings is 1. The first kappa shape index (κ1) is 14.0. The van der Waals surface area contributed by atoms with Crippen LogP contribution < -0.4 is 5.32 Å². The minimum Gasteiger partial charge on any atom is -0.459 e. The monoisotopic (exact) mass is 300 g/mol. The summed E-state index contributed by atoms with van der Waals surface area (Å²) in [5.74, 6) is 0.950. The number of nitrogens with zero attached hydrogens (tertiary/aromatic N) is 1. The lowest BCUT2D eigenvalue weighted by Crippen LogP contribution is -2.08. The van der Waals surface area contributed by atoms with Gasteiger partial charge >= 0.3 is 0 Å². The van der Waals surface area contributed by atoms with E-state index in [1.54, 1.807) is 6.07 Å². The summed E-state index contributed by atoms with van der Waals surface area (Å²) in [6.45, 7) is 6.11. The van der Waals surface area contributed by atoms with E-state index >= 15 is 0 Å². The number of benzene rings is 1. The molecule has 1 aromatic carbocycles. The van der Waals surface area contributed by atoms with Crippen LogP contribution in [0.4, 0.5) is 5.69 Å². The second-order valence-corrected chi connectivity index (χ2v) is 5.61. The Balaban J connectivity index is 1.93. The molecular weight excluding hydrogens is 284 g/mol. The molecule has 0 fully saturated rings. The van der Waals surface area contributed by atoms with E-state index in [1.807, 2.05) is 31.2 Å². The van der Waals surface area contributed by atoms with Crippen molar-refractivity contribution in [3.05, 3.63) is 58.6 Å². The molecular formula is C17H17ClN2O. The van der Waals surface area contributed by atoms with Crippen LogP contribution in [0.25, 0.3) is 11.0 Å². The molecule has 21 heavy (non-hydrogen) atoms. The van der Waals surface area contributed by atoms with Crippen LogP contribution in [0.2, 0.25) is 5.15 Å². The maximum absolute atomic E-state index is 5.99. The van der Waals surface area contributed by atoms with Crippen LogP contribution in [0, 0.1) is 13.8 Å². The first-order chi connectivity index (χ1) is 10.1. The van der Waals surface area contributed by atoms with Gasteiger partial charge in [-0.3, -0.25) is 0 Å². The van der Waals surface area contributed by atoms with Crippen molar-refractivity contribution in [1.82, 2.24) is 4.98 Å². The van der Waals surface area contributed by atoms with E-state index in [9.17, 15) is 0 Å². The maximum Gasteiger partial charge on any atom is 0.134 e. The molecule has 1 unspecified atom stereocenters. The summed E-state index contributed by atoms with van der Waals surface area (Å²) in [6.07, 6.45) is 0. The number of hydrogen-bond acceptors (Lipinski definition) is 3. The largest absolute Gasteiger partial charge is 0.459 e. The number of hydrogen-bond donors (Lipinski definition) is 1. The fourth-order valence-electron chi connectivity index (χ4n) is 2.59. The van der Waals surface area contributed by atoms with Crippen molar-refractivity contribution in [1.29, 1.82) is 0 Å². The van der Waals surface area contributed by atoms with Crippen LogP contribution in [0.3, 0.4) is 0 Å². The highest BCUT2D eigenvalue weighted by atomic mass is 35.5. The summed E-state index contributed by atoms with van der Waals surface area (Å²) in [5, 5.41) is 5.11. The zero-order valence-corrected chi connectivity index (χ0v) is 13.0. The zero-order chi connectivity index (χ0) is 15.0. The van der Waals surface area contributed by atoms with E-state index in [0.717, 1.165) is 28.1 Å². The van der Waals surface area contributed by atoms with Crippen LogP contribution in [0.5, 0.6) is 0 Å². The normalized spacial score (nSPS) is 12.6. The van der Waals surface area contributed by atoms with Gasteiger partial charge in [-0.25, -0.2) is 4.98 Å². The third kappa shape index (κ3) is 2.61.